The molecular weight excluding hydrogens is 286 g/mol. The molecule has 0 saturated heterocycles. The molecule has 1 unspecified atom stereocenters. The minimum absolute atomic E-state index is 0.0704. The molecule has 0 radical (unpaired) electrons. The third-order valence-electron chi connectivity index (χ3n) is 3.92. The van der Waals surface area contributed by atoms with Crippen LogP contribution in [-0.4, -0.2) is 7.11 Å². The number of benzene rings is 2. The van der Waals surface area contributed by atoms with Gasteiger partial charge in [-0.05, 0) is 42.3 Å². The number of nitrogens with two attached hydrogens (primary N) is 1. The largest absolute Gasteiger partial charge is 0.497 e. The highest BCUT2D eigenvalue weighted by Gasteiger charge is 2.27. The molecule has 1 heterocycles. The van der Waals surface area contributed by atoms with Gasteiger partial charge in [0, 0.05) is 23.0 Å². The van der Waals surface area contributed by atoms with E-state index in [0.29, 0.717) is 0 Å². The minimum Gasteiger partial charge on any atom is -0.497 e. The second kappa shape index (κ2) is 5.58. The smallest absolute Gasteiger partial charge is 0.126 e. The maximum absolute atomic E-state index is 6.30. The van der Waals surface area contributed by atoms with Crippen LogP contribution >= 0.6 is 11.6 Å². The molecule has 2 aromatic carbocycles. The number of hydrogen-bond acceptors (Lipinski definition) is 3. The molecule has 1 aliphatic rings. The highest BCUT2D eigenvalue weighted by atomic mass is 35.5. The van der Waals surface area contributed by atoms with E-state index >= 15 is 0 Å². The summed E-state index contributed by atoms with van der Waals surface area (Å²) in [7, 11) is 1.65. The molecule has 110 valence electrons. The van der Waals surface area contributed by atoms with E-state index in [2.05, 4.69) is 0 Å². The standard InChI is InChI=1S/C17H18ClNO2/c1-10-3-4-11(7-14(10)18)17-9-15(19)13-8-12(20-2)5-6-16(13)21-17/h3-8,15,17H,9,19H2,1-2H3/t15-,17?/m1/s1. The van der Waals surface area contributed by atoms with Crippen molar-refractivity contribution >= 4 is 11.6 Å². The SMILES string of the molecule is COc1ccc2c(c1)[C@H](N)CC(c1ccc(C)c(Cl)c1)O2. The lowest BCUT2D eigenvalue weighted by Gasteiger charge is -2.31. The first-order chi connectivity index (χ1) is 10.1. The van der Waals surface area contributed by atoms with Crippen LogP contribution in [0.5, 0.6) is 11.5 Å². The number of ether oxygens (including phenoxy) is 2. The molecule has 1 aliphatic heterocycles. The molecule has 2 aromatic rings. The zero-order valence-corrected chi connectivity index (χ0v) is 12.9. The first-order valence-electron chi connectivity index (χ1n) is 6.94. The number of rotatable bonds is 2. The molecule has 0 aliphatic carbocycles. The van der Waals surface area contributed by atoms with Gasteiger partial charge >= 0.3 is 0 Å². The van der Waals surface area contributed by atoms with Crippen molar-refractivity contribution in [2.45, 2.75) is 25.5 Å². The summed E-state index contributed by atoms with van der Waals surface area (Å²) in [5.41, 5.74) is 9.41. The van der Waals surface area contributed by atoms with Gasteiger partial charge in [0.25, 0.3) is 0 Å². The van der Waals surface area contributed by atoms with E-state index in [1.54, 1.807) is 7.11 Å². The Morgan fingerprint density at radius 1 is 1.24 bits per heavy atom. The zero-order valence-electron chi connectivity index (χ0n) is 12.1. The van der Waals surface area contributed by atoms with Crippen molar-refractivity contribution in [3.63, 3.8) is 0 Å². The molecule has 0 spiro atoms. The van der Waals surface area contributed by atoms with Gasteiger partial charge in [-0.25, -0.2) is 0 Å². The average Bonchev–Trinajstić information content (AvgIpc) is 2.49. The summed E-state index contributed by atoms with van der Waals surface area (Å²) >= 11 is 6.21. The van der Waals surface area contributed by atoms with Crippen LogP contribution in [0.1, 0.15) is 35.3 Å². The predicted octanol–water partition coefficient (Wildman–Crippen LogP) is 4.18. The predicted molar refractivity (Wildman–Crippen MR) is 84.1 cm³/mol. The average molecular weight is 304 g/mol. The van der Waals surface area contributed by atoms with Gasteiger partial charge in [0.2, 0.25) is 0 Å². The van der Waals surface area contributed by atoms with E-state index in [1.165, 1.54) is 0 Å². The van der Waals surface area contributed by atoms with Crippen molar-refractivity contribution in [1.29, 1.82) is 0 Å². The van der Waals surface area contributed by atoms with Gasteiger partial charge in [-0.2, -0.15) is 0 Å². The topological polar surface area (TPSA) is 44.5 Å². The molecule has 0 aromatic heterocycles. The number of halogens is 1. The van der Waals surface area contributed by atoms with Crippen LogP contribution < -0.4 is 15.2 Å². The molecule has 0 saturated carbocycles. The Balaban J connectivity index is 1.92. The van der Waals surface area contributed by atoms with E-state index in [4.69, 9.17) is 26.8 Å². The maximum Gasteiger partial charge on any atom is 0.126 e. The molecular formula is C17H18ClNO2. The van der Waals surface area contributed by atoms with Crippen LogP contribution in [0.4, 0.5) is 0 Å². The molecule has 21 heavy (non-hydrogen) atoms. The summed E-state index contributed by atoms with van der Waals surface area (Å²) in [6.07, 6.45) is 0.651. The number of fused-ring (bicyclic) bond motifs is 1. The second-order valence-corrected chi connectivity index (χ2v) is 5.77. The van der Waals surface area contributed by atoms with Gasteiger partial charge in [0.15, 0.2) is 0 Å². The van der Waals surface area contributed by atoms with E-state index in [0.717, 1.165) is 39.6 Å². The Kier molecular flexibility index (Phi) is 3.79. The van der Waals surface area contributed by atoms with Crippen LogP contribution in [0.25, 0.3) is 0 Å². The van der Waals surface area contributed by atoms with Crippen molar-refractivity contribution in [3.05, 3.63) is 58.1 Å². The summed E-state index contributed by atoms with van der Waals surface area (Å²) in [4.78, 5) is 0. The van der Waals surface area contributed by atoms with Gasteiger partial charge in [-0.3, -0.25) is 0 Å². The number of aryl methyl sites for hydroxylation is 1. The van der Waals surface area contributed by atoms with Crippen molar-refractivity contribution in [3.8, 4) is 11.5 Å². The van der Waals surface area contributed by atoms with Crippen LogP contribution in [0.15, 0.2) is 36.4 Å². The summed E-state index contributed by atoms with van der Waals surface area (Å²) in [5, 5.41) is 0.755. The van der Waals surface area contributed by atoms with E-state index in [9.17, 15) is 0 Å². The van der Waals surface area contributed by atoms with Crippen molar-refractivity contribution in [2.24, 2.45) is 5.73 Å². The summed E-state index contributed by atoms with van der Waals surface area (Å²) in [5.74, 6) is 1.61. The van der Waals surface area contributed by atoms with Gasteiger partial charge in [-0.15, -0.1) is 0 Å². The van der Waals surface area contributed by atoms with Crippen LogP contribution in [0.2, 0.25) is 5.02 Å². The lowest BCUT2D eigenvalue weighted by molar-refractivity contribution is 0.161. The van der Waals surface area contributed by atoms with E-state index in [-0.39, 0.29) is 12.1 Å². The second-order valence-electron chi connectivity index (χ2n) is 5.36. The Morgan fingerprint density at radius 3 is 2.76 bits per heavy atom. The van der Waals surface area contributed by atoms with Crippen molar-refractivity contribution < 1.29 is 9.47 Å². The fraction of sp³-hybridized carbons (Fsp3) is 0.294. The van der Waals surface area contributed by atoms with Gasteiger partial charge < -0.3 is 15.2 Å². The Bertz CT molecular complexity index is 672. The van der Waals surface area contributed by atoms with E-state index in [1.807, 2.05) is 43.3 Å². The molecule has 2 atom stereocenters. The molecule has 0 bridgehead atoms. The van der Waals surface area contributed by atoms with Crippen LogP contribution in [0.3, 0.4) is 0 Å². The lowest BCUT2D eigenvalue weighted by atomic mass is 9.93. The van der Waals surface area contributed by atoms with Crippen molar-refractivity contribution in [2.75, 3.05) is 7.11 Å². The highest BCUT2D eigenvalue weighted by molar-refractivity contribution is 6.31. The van der Waals surface area contributed by atoms with E-state index < -0.39 is 0 Å². The fourth-order valence-electron chi connectivity index (χ4n) is 2.62. The quantitative estimate of drug-likeness (QED) is 0.905. The third-order valence-corrected chi connectivity index (χ3v) is 4.33. The van der Waals surface area contributed by atoms with Gasteiger partial charge in [0.05, 0.1) is 7.11 Å². The number of methoxy groups -OCH3 is 1. The number of hydrogen-bond donors (Lipinski definition) is 1. The third kappa shape index (κ3) is 2.71. The molecule has 3 nitrogen and oxygen atoms in total. The highest BCUT2D eigenvalue weighted by Crippen LogP contribution is 2.41. The molecule has 2 N–H and O–H groups in total. The minimum atomic E-state index is -0.0751. The summed E-state index contributed by atoms with van der Waals surface area (Å²) < 4.78 is 11.3. The molecule has 0 fully saturated rings. The normalized spacial score (nSPS) is 20.6. The first kappa shape index (κ1) is 14.2. The summed E-state index contributed by atoms with van der Waals surface area (Å²) in [6.45, 7) is 1.99. The molecule has 4 heteroatoms. The van der Waals surface area contributed by atoms with Crippen molar-refractivity contribution in [1.82, 2.24) is 0 Å². The Hall–Kier alpha value is -1.71. The monoisotopic (exact) mass is 303 g/mol. The fourth-order valence-corrected chi connectivity index (χ4v) is 2.81. The van der Waals surface area contributed by atoms with Gasteiger partial charge in [-0.1, -0.05) is 23.7 Å². The molecule has 0 amide bonds. The summed E-state index contributed by atoms with van der Waals surface area (Å²) in [6, 6.07) is 11.7. The first-order valence-corrected chi connectivity index (χ1v) is 7.32. The molecule has 3 rings (SSSR count). The Labute approximate surface area is 129 Å². The van der Waals surface area contributed by atoms with Gasteiger partial charge in [0.1, 0.15) is 17.6 Å². The lowest BCUT2D eigenvalue weighted by Crippen LogP contribution is -2.24. The van der Waals surface area contributed by atoms with Crippen LogP contribution in [0, 0.1) is 6.92 Å². The Morgan fingerprint density at radius 2 is 2.05 bits per heavy atom. The van der Waals surface area contributed by atoms with Crippen LogP contribution in [-0.2, 0) is 0 Å². The maximum atomic E-state index is 6.30. The zero-order chi connectivity index (χ0) is 15.0.